The van der Waals surface area contributed by atoms with Crippen LogP contribution in [-0.4, -0.2) is 23.4 Å². The van der Waals surface area contributed by atoms with Crippen LogP contribution in [0.5, 0.6) is 0 Å². The molecule has 20 heavy (non-hydrogen) atoms. The molecular weight excluding hydrogens is 298 g/mol. The molecule has 0 amide bonds. The molecule has 1 atom stereocenters. The van der Waals surface area contributed by atoms with Crippen LogP contribution in [0.2, 0.25) is 0 Å². The maximum atomic E-state index is 11.3. The first-order chi connectivity index (χ1) is 9.36. The molecule has 0 aliphatic rings. The van der Waals surface area contributed by atoms with Crippen LogP contribution in [0.3, 0.4) is 0 Å². The van der Waals surface area contributed by atoms with Crippen LogP contribution in [0.1, 0.15) is 0 Å². The van der Waals surface area contributed by atoms with Crippen LogP contribution in [-0.2, 0) is 20.9 Å². The summed E-state index contributed by atoms with van der Waals surface area (Å²) in [6, 6.07) is 12.8. The summed E-state index contributed by atoms with van der Waals surface area (Å²) < 4.78 is 42.4. The van der Waals surface area contributed by atoms with Gasteiger partial charge in [0.2, 0.25) is 0 Å². The van der Waals surface area contributed by atoms with Crippen LogP contribution in [0.15, 0.2) is 58.3 Å². The Morgan fingerprint density at radius 3 is 1.80 bits per heavy atom. The van der Waals surface area contributed by atoms with Gasteiger partial charge in [-0.25, -0.2) is 12.6 Å². The Bertz CT molecular complexity index is 722. The Hall–Kier alpha value is -1.70. The first-order valence-electron chi connectivity index (χ1n) is 5.64. The molecule has 0 fully saturated rings. The molecule has 2 N–H and O–H groups in total. The van der Waals surface area contributed by atoms with Crippen molar-refractivity contribution in [1.29, 1.82) is 0 Å². The van der Waals surface area contributed by atoms with Crippen molar-refractivity contribution in [2.75, 3.05) is 11.6 Å². The first kappa shape index (κ1) is 14.7. The second-order valence-electron chi connectivity index (χ2n) is 4.20. The van der Waals surface area contributed by atoms with Crippen molar-refractivity contribution in [3.63, 3.8) is 0 Å². The van der Waals surface area contributed by atoms with E-state index in [1.807, 2.05) is 0 Å². The van der Waals surface area contributed by atoms with Gasteiger partial charge in [0.15, 0.2) is 20.9 Å². The smallest absolute Gasteiger partial charge is 0.186 e. The highest BCUT2D eigenvalue weighted by molar-refractivity contribution is 7.90. The molecule has 0 spiro atoms. The van der Waals surface area contributed by atoms with Crippen molar-refractivity contribution in [2.45, 2.75) is 9.79 Å². The summed E-state index contributed by atoms with van der Waals surface area (Å²) in [5, 5.41) is 3.07. The largest absolute Gasteiger partial charge is 0.356 e. The molecule has 0 saturated carbocycles. The lowest BCUT2D eigenvalue weighted by Gasteiger charge is -2.07. The van der Waals surface area contributed by atoms with Gasteiger partial charge in [-0.1, -0.05) is 0 Å². The summed E-state index contributed by atoms with van der Waals surface area (Å²) >= 11 is -1.99. The molecule has 0 heterocycles. The van der Waals surface area contributed by atoms with Gasteiger partial charge in [0, 0.05) is 17.6 Å². The van der Waals surface area contributed by atoms with Crippen molar-refractivity contribution in [1.82, 2.24) is 0 Å². The maximum absolute atomic E-state index is 11.3. The molecule has 106 valence electrons. The highest BCUT2D eigenvalue weighted by Crippen LogP contribution is 2.20. The molecule has 0 saturated heterocycles. The van der Waals surface area contributed by atoms with Gasteiger partial charge >= 0.3 is 0 Å². The minimum atomic E-state index is -3.20. The summed E-state index contributed by atoms with van der Waals surface area (Å²) in [7, 11) is -3.20. The van der Waals surface area contributed by atoms with Crippen molar-refractivity contribution in [3.8, 4) is 0 Å². The van der Waals surface area contributed by atoms with Crippen LogP contribution in [0.4, 0.5) is 11.4 Å². The van der Waals surface area contributed by atoms with Gasteiger partial charge in [-0.2, -0.15) is 0 Å². The molecule has 1 unspecified atom stereocenters. The molecule has 0 bridgehead atoms. The monoisotopic (exact) mass is 311 g/mol. The van der Waals surface area contributed by atoms with Crippen LogP contribution in [0, 0.1) is 0 Å². The topological polar surface area (TPSA) is 83.5 Å². The van der Waals surface area contributed by atoms with E-state index in [0.29, 0.717) is 4.90 Å². The molecule has 0 radical (unpaired) electrons. The fraction of sp³-hybridized carbons (Fsp3) is 0.0769. The van der Waals surface area contributed by atoms with Gasteiger partial charge < -0.3 is 9.87 Å². The zero-order chi connectivity index (χ0) is 14.8. The van der Waals surface area contributed by atoms with Gasteiger partial charge in [-0.3, -0.25) is 0 Å². The zero-order valence-corrected chi connectivity index (χ0v) is 12.2. The second-order valence-corrected chi connectivity index (χ2v) is 7.18. The lowest BCUT2D eigenvalue weighted by molar-refractivity contribution is 0.564. The third-order valence-electron chi connectivity index (χ3n) is 2.63. The molecule has 2 aromatic rings. The van der Waals surface area contributed by atoms with E-state index in [0.717, 1.165) is 17.6 Å². The van der Waals surface area contributed by atoms with Gasteiger partial charge in [0.25, 0.3) is 0 Å². The number of sulfone groups is 1. The lowest BCUT2D eigenvalue weighted by Crippen LogP contribution is -1.97. The van der Waals surface area contributed by atoms with E-state index in [9.17, 15) is 12.6 Å². The normalized spacial score (nSPS) is 12.9. The summed E-state index contributed by atoms with van der Waals surface area (Å²) in [4.78, 5) is 0.581. The Morgan fingerprint density at radius 2 is 1.40 bits per heavy atom. The van der Waals surface area contributed by atoms with Crippen LogP contribution in [0.25, 0.3) is 0 Å². The molecule has 0 aliphatic carbocycles. The number of hydrogen-bond acceptors (Lipinski definition) is 4. The predicted octanol–water partition coefficient (Wildman–Crippen LogP) is 2.41. The van der Waals surface area contributed by atoms with E-state index >= 15 is 0 Å². The first-order valence-corrected chi connectivity index (χ1v) is 8.64. The van der Waals surface area contributed by atoms with Crippen molar-refractivity contribution < 1.29 is 17.2 Å². The van der Waals surface area contributed by atoms with Crippen molar-refractivity contribution in [3.05, 3.63) is 48.5 Å². The van der Waals surface area contributed by atoms with E-state index in [4.69, 9.17) is 4.55 Å². The minimum Gasteiger partial charge on any atom is -0.356 e. The number of rotatable bonds is 4. The Morgan fingerprint density at radius 1 is 0.950 bits per heavy atom. The molecule has 0 aromatic heterocycles. The summed E-state index contributed by atoms with van der Waals surface area (Å²) in [5.41, 5.74) is 1.47. The molecule has 7 heteroatoms. The van der Waals surface area contributed by atoms with Gasteiger partial charge in [-0.15, -0.1) is 0 Å². The number of nitrogens with one attached hydrogen (secondary N) is 1. The lowest BCUT2D eigenvalue weighted by atomic mass is 10.3. The van der Waals surface area contributed by atoms with Crippen molar-refractivity contribution >= 4 is 32.3 Å². The number of benzene rings is 2. The van der Waals surface area contributed by atoms with Gasteiger partial charge in [0.05, 0.1) is 9.79 Å². The van der Waals surface area contributed by atoms with E-state index < -0.39 is 20.9 Å². The van der Waals surface area contributed by atoms with Crippen LogP contribution >= 0.6 is 0 Å². The molecule has 0 aliphatic heterocycles. The summed E-state index contributed by atoms with van der Waals surface area (Å²) in [5.74, 6) is 0. The average molecular weight is 311 g/mol. The fourth-order valence-corrected chi connectivity index (χ4v) is 2.61. The number of anilines is 2. The molecule has 2 aromatic carbocycles. The molecular formula is C13H13NO4S2. The van der Waals surface area contributed by atoms with E-state index in [1.165, 1.54) is 12.1 Å². The highest BCUT2D eigenvalue weighted by Gasteiger charge is 2.06. The molecule has 5 nitrogen and oxygen atoms in total. The highest BCUT2D eigenvalue weighted by atomic mass is 32.2. The quantitative estimate of drug-likeness (QED) is 0.847. The van der Waals surface area contributed by atoms with Gasteiger partial charge in [0.1, 0.15) is 0 Å². The molecule has 2 rings (SSSR count). The third kappa shape index (κ3) is 3.66. The number of hydrogen-bond donors (Lipinski definition) is 2. The predicted molar refractivity (Wildman–Crippen MR) is 78.3 cm³/mol. The Balaban J connectivity index is 2.16. The third-order valence-corrected chi connectivity index (χ3v) is 4.43. The SMILES string of the molecule is CS(=O)(=O)c1ccc(Nc2ccc(S(=O)O)cc2)cc1. The summed E-state index contributed by atoms with van der Waals surface area (Å²) in [6.45, 7) is 0. The second kappa shape index (κ2) is 5.74. The van der Waals surface area contributed by atoms with Gasteiger partial charge in [-0.05, 0) is 48.5 Å². The van der Waals surface area contributed by atoms with Crippen LogP contribution < -0.4 is 5.32 Å². The summed E-state index contributed by atoms with van der Waals surface area (Å²) in [6.07, 6.45) is 1.16. The average Bonchev–Trinajstić information content (AvgIpc) is 2.39. The van der Waals surface area contributed by atoms with Crippen molar-refractivity contribution in [2.24, 2.45) is 0 Å². The standard InChI is InChI=1S/C13H13NO4S2/c1-20(17,18)13-8-4-11(5-9-13)14-10-2-6-12(7-3-10)19(15)16/h2-9,14H,1H3,(H,15,16). The van der Waals surface area contributed by atoms with E-state index in [2.05, 4.69) is 5.32 Å². The fourth-order valence-electron chi connectivity index (χ4n) is 1.61. The maximum Gasteiger partial charge on any atom is 0.186 e. The Kier molecular flexibility index (Phi) is 4.22. The van der Waals surface area contributed by atoms with E-state index in [-0.39, 0.29) is 4.90 Å². The zero-order valence-electron chi connectivity index (χ0n) is 10.6. The minimum absolute atomic E-state index is 0.258. The van der Waals surface area contributed by atoms with E-state index in [1.54, 1.807) is 36.4 Å². The Labute approximate surface area is 119 Å².